The molecule has 1 fully saturated rings. The summed E-state index contributed by atoms with van der Waals surface area (Å²) in [7, 11) is -3.92. The zero-order valence-corrected chi connectivity index (χ0v) is 18.2. The molecule has 0 aliphatic carbocycles. The van der Waals surface area contributed by atoms with Crippen LogP contribution in [0.4, 0.5) is 5.69 Å². The first-order valence-electron chi connectivity index (χ1n) is 9.87. The maximum Gasteiger partial charge on any atom is 0.264 e. The number of rotatable bonds is 9. The van der Waals surface area contributed by atoms with Gasteiger partial charge in [0.1, 0.15) is 6.54 Å². The van der Waals surface area contributed by atoms with Gasteiger partial charge in [0.2, 0.25) is 5.91 Å². The van der Waals surface area contributed by atoms with Crippen LogP contribution >= 0.6 is 11.6 Å². The van der Waals surface area contributed by atoms with Gasteiger partial charge in [0.15, 0.2) is 0 Å². The highest BCUT2D eigenvalue weighted by Gasteiger charge is 2.27. The van der Waals surface area contributed by atoms with Crippen LogP contribution in [-0.2, 0) is 19.6 Å². The largest absolute Gasteiger partial charge is 0.379 e. The van der Waals surface area contributed by atoms with Gasteiger partial charge in [-0.3, -0.25) is 14.0 Å². The van der Waals surface area contributed by atoms with Crippen molar-refractivity contribution < 1.29 is 17.9 Å². The van der Waals surface area contributed by atoms with Gasteiger partial charge in [0.05, 0.1) is 23.8 Å². The average Bonchev–Trinajstić information content (AvgIpc) is 2.76. The number of hydrogen-bond acceptors (Lipinski definition) is 5. The van der Waals surface area contributed by atoms with Crippen LogP contribution in [0.25, 0.3) is 0 Å². The molecular weight excluding hydrogens is 426 g/mol. The Hall–Kier alpha value is -2.13. The molecule has 9 heteroatoms. The molecule has 30 heavy (non-hydrogen) atoms. The summed E-state index contributed by atoms with van der Waals surface area (Å²) in [4.78, 5) is 14.9. The van der Waals surface area contributed by atoms with E-state index >= 15 is 0 Å². The Morgan fingerprint density at radius 3 is 2.40 bits per heavy atom. The number of carbonyl (C=O) groups excluding carboxylic acids is 1. The molecule has 2 aromatic carbocycles. The number of benzene rings is 2. The number of amides is 1. The van der Waals surface area contributed by atoms with Crippen molar-refractivity contribution in [2.45, 2.75) is 11.3 Å². The summed E-state index contributed by atoms with van der Waals surface area (Å²) in [5, 5.41) is 3.27. The fourth-order valence-corrected chi connectivity index (χ4v) is 4.73. The van der Waals surface area contributed by atoms with Gasteiger partial charge in [0, 0.05) is 24.7 Å². The minimum absolute atomic E-state index is 0.0795. The van der Waals surface area contributed by atoms with Crippen LogP contribution in [0.3, 0.4) is 0 Å². The zero-order chi connectivity index (χ0) is 21.4. The van der Waals surface area contributed by atoms with E-state index in [9.17, 15) is 13.2 Å². The van der Waals surface area contributed by atoms with Crippen LogP contribution in [0.2, 0.25) is 5.02 Å². The molecule has 0 spiro atoms. The Labute approximate surface area is 182 Å². The third-order valence-corrected chi connectivity index (χ3v) is 6.85. The zero-order valence-electron chi connectivity index (χ0n) is 16.7. The molecule has 7 nitrogen and oxygen atoms in total. The van der Waals surface area contributed by atoms with Crippen LogP contribution in [0.5, 0.6) is 0 Å². The van der Waals surface area contributed by atoms with Gasteiger partial charge in [-0.2, -0.15) is 0 Å². The van der Waals surface area contributed by atoms with Crippen molar-refractivity contribution in [1.82, 2.24) is 10.2 Å². The molecular formula is C21H26ClN3O4S. The fourth-order valence-electron chi connectivity index (χ4n) is 3.18. The molecule has 1 saturated heterocycles. The lowest BCUT2D eigenvalue weighted by molar-refractivity contribution is -0.119. The van der Waals surface area contributed by atoms with Crippen molar-refractivity contribution in [2.75, 3.05) is 50.2 Å². The Morgan fingerprint density at radius 2 is 1.73 bits per heavy atom. The van der Waals surface area contributed by atoms with E-state index in [-0.39, 0.29) is 17.3 Å². The highest BCUT2D eigenvalue weighted by Crippen LogP contribution is 2.24. The molecule has 0 bridgehead atoms. The molecule has 1 aliphatic rings. The van der Waals surface area contributed by atoms with Crippen LogP contribution < -0.4 is 9.62 Å². The van der Waals surface area contributed by atoms with Gasteiger partial charge >= 0.3 is 0 Å². The number of ether oxygens (including phenoxy) is 1. The molecule has 0 saturated carbocycles. The lowest BCUT2D eigenvalue weighted by Crippen LogP contribution is -2.42. The number of morpholine rings is 1. The average molecular weight is 452 g/mol. The second kappa shape index (κ2) is 10.8. The second-order valence-electron chi connectivity index (χ2n) is 6.96. The first-order valence-corrected chi connectivity index (χ1v) is 11.7. The predicted octanol–water partition coefficient (Wildman–Crippen LogP) is 2.37. The van der Waals surface area contributed by atoms with E-state index in [4.69, 9.17) is 16.3 Å². The van der Waals surface area contributed by atoms with Crippen LogP contribution in [0.15, 0.2) is 59.5 Å². The molecule has 1 aliphatic heterocycles. The summed E-state index contributed by atoms with van der Waals surface area (Å²) >= 11 is 5.89. The summed E-state index contributed by atoms with van der Waals surface area (Å²) in [5.41, 5.74) is 0.427. The van der Waals surface area contributed by atoms with Gasteiger partial charge < -0.3 is 10.1 Å². The van der Waals surface area contributed by atoms with E-state index < -0.39 is 10.0 Å². The fraction of sp³-hybridized carbons (Fsp3) is 0.381. The molecule has 3 rings (SSSR count). The number of sulfonamides is 1. The van der Waals surface area contributed by atoms with Gasteiger partial charge in [-0.15, -0.1) is 0 Å². The standard InChI is InChI=1S/C21H26ClN3O4S/c22-18-7-9-20(10-8-18)30(27,28)25(19-5-2-1-3-6-19)17-21(26)23-11-4-12-24-13-15-29-16-14-24/h1-3,5-10H,4,11-17H2,(H,23,26). The Balaban J connectivity index is 1.64. The maximum absolute atomic E-state index is 13.2. The number of para-hydroxylation sites is 1. The highest BCUT2D eigenvalue weighted by molar-refractivity contribution is 7.92. The molecule has 0 aromatic heterocycles. The lowest BCUT2D eigenvalue weighted by atomic mass is 10.3. The summed E-state index contributed by atoms with van der Waals surface area (Å²) in [5.74, 6) is -0.349. The second-order valence-corrected chi connectivity index (χ2v) is 9.26. The Morgan fingerprint density at radius 1 is 1.07 bits per heavy atom. The van der Waals surface area contributed by atoms with E-state index in [2.05, 4.69) is 10.2 Å². The number of carbonyl (C=O) groups is 1. The third-order valence-electron chi connectivity index (χ3n) is 4.81. The first-order chi connectivity index (χ1) is 14.5. The quantitative estimate of drug-likeness (QED) is 0.592. The van der Waals surface area contributed by atoms with Crippen LogP contribution in [0.1, 0.15) is 6.42 Å². The van der Waals surface area contributed by atoms with Crippen LogP contribution in [0, 0.1) is 0 Å². The van der Waals surface area contributed by atoms with E-state index in [0.717, 1.165) is 43.6 Å². The van der Waals surface area contributed by atoms with Crippen molar-refractivity contribution in [1.29, 1.82) is 0 Å². The van der Waals surface area contributed by atoms with Crippen molar-refractivity contribution in [3.63, 3.8) is 0 Å². The smallest absolute Gasteiger partial charge is 0.264 e. The molecule has 0 unspecified atom stereocenters. The van der Waals surface area contributed by atoms with Gasteiger partial charge in [-0.05, 0) is 49.4 Å². The van der Waals surface area contributed by atoms with Gasteiger partial charge in [0.25, 0.3) is 10.0 Å². The summed E-state index contributed by atoms with van der Waals surface area (Å²) in [6.07, 6.45) is 0.793. The number of nitrogens with one attached hydrogen (secondary N) is 1. The maximum atomic E-state index is 13.2. The van der Waals surface area contributed by atoms with Gasteiger partial charge in [-0.1, -0.05) is 29.8 Å². The normalized spacial score (nSPS) is 15.0. The third kappa shape index (κ3) is 6.18. The van der Waals surface area contributed by atoms with Crippen molar-refractivity contribution >= 4 is 33.2 Å². The molecule has 0 atom stereocenters. The minimum atomic E-state index is -3.92. The highest BCUT2D eigenvalue weighted by atomic mass is 35.5. The van der Waals surface area contributed by atoms with Crippen LogP contribution in [-0.4, -0.2) is 65.2 Å². The molecule has 1 N–H and O–H groups in total. The van der Waals surface area contributed by atoms with Gasteiger partial charge in [-0.25, -0.2) is 8.42 Å². The number of halogens is 1. The number of hydrogen-bond donors (Lipinski definition) is 1. The summed E-state index contributed by atoms with van der Waals surface area (Å²) in [6, 6.07) is 14.5. The van der Waals surface area contributed by atoms with Crippen molar-refractivity contribution in [2.24, 2.45) is 0 Å². The number of anilines is 1. The van der Waals surface area contributed by atoms with Crippen molar-refractivity contribution in [3.05, 3.63) is 59.6 Å². The molecule has 0 radical (unpaired) electrons. The molecule has 1 heterocycles. The van der Waals surface area contributed by atoms with E-state index in [1.807, 2.05) is 0 Å². The van der Waals surface area contributed by atoms with Crippen molar-refractivity contribution in [3.8, 4) is 0 Å². The lowest BCUT2D eigenvalue weighted by Gasteiger charge is -2.26. The Bertz CT molecular complexity index is 917. The topological polar surface area (TPSA) is 79.0 Å². The monoisotopic (exact) mass is 451 g/mol. The summed E-state index contributed by atoms with van der Waals surface area (Å²) in [6.45, 7) is 4.33. The molecule has 2 aromatic rings. The molecule has 1 amide bonds. The summed E-state index contributed by atoms with van der Waals surface area (Å²) < 4.78 is 32.8. The first kappa shape index (κ1) is 22.6. The minimum Gasteiger partial charge on any atom is -0.379 e. The Kier molecular flexibility index (Phi) is 8.09. The van der Waals surface area contributed by atoms with E-state index in [1.165, 1.54) is 24.3 Å². The van der Waals surface area contributed by atoms with E-state index in [1.54, 1.807) is 30.3 Å². The SMILES string of the molecule is O=C(CN(c1ccccc1)S(=O)(=O)c1ccc(Cl)cc1)NCCCN1CCOCC1. The predicted molar refractivity (Wildman–Crippen MR) is 117 cm³/mol. The molecule has 162 valence electrons. The number of nitrogens with zero attached hydrogens (tertiary/aromatic N) is 2. The van der Waals surface area contributed by atoms with E-state index in [0.29, 0.717) is 17.3 Å².